The summed E-state index contributed by atoms with van der Waals surface area (Å²) in [5, 5.41) is 17.1. The topological polar surface area (TPSA) is 61.1 Å². The number of carboxylic acid groups (broad SMARTS) is 1. The molecule has 0 aliphatic carbocycles. The highest BCUT2D eigenvalue weighted by Crippen LogP contribution is 2.12. The largest absolute Gasteiger partial charge is 0.481 e. The molecule has 0 aliphatic heterocycles. The third-order valence-corrected chi connectivity index (χ3v) is 1.80. The van der Waals surface area contributed by atoms with E-state index < -0.39 is 11.8 Å². The van der Waals surface area contributed by atoms with E-state index in [-0.39, 0.29) is 18.4 Å². The van der Waals surface area contributed by atoms with Gasteiger partial charge < -0.3 is 5.11 Å². The summed E-state index contributed by atoms with van der Waals surface area (Å²) in [5.74, 6) is -1.42. The van der Waals surface area contributed by atoms with Crippen molar-refractivity contribution in [3.05, 3.63) is 35.1 Å². The summed E-state index contributed by atoms with van der Waals surface area (Å²) in [4.78, 5) is 10.3. The molecule has 0 amide bonds. The number of carboxylic acids is 1. The Hall–Kier alpha value is -1.89. The molecule has 4 heteroatoms. The molecule has 0 saturated heterocycles. The first kappa shape index (κ1) is 10.2. The van der Waals surface area contributed by atoms with Gasteiger partial charge in [0.15, 0.2) is 0 Å². The number of nitriles is 1. The number of aliphatic carboxylic acids is 1. The van der Waals surface area contributed by atoms with Gasteiger partial charge in [-0.2, -0.15) is 5.26 Å². The maximum absolute atomic E-state index is 12.7. The lowest BCUT2D eigenvalue weighted by Gasteiger charge is -2.01. The van der Waals surface area contributed by atoms with Crippen molar-refractivity contribution >= 4 is 5.97 Å². The van der Waals surface area contributed by atoms with E-state index in [1.807, 2.05) is 6.07 Å². The van der Waals surface area contributed by atoms with Crippen molar-refractivity contribution in [3.8, 4) is 6.07 Å². The first-order chi connectivity index (χ1) is 6.63. The predicted molar refractivity (Wildman–Crippen MR) is 47.1 cm³/mol. The quantitative estimate of drug-likeness (QED) is 0.794. The van der Waals surface area contributed by atoms with Crippen molar-refractivity contribution in [1.82, 2.24) is 0 Å². The van der Waals surface area contributed by atoms with E-state index >= 15 is 0 Å². The van der Waals surface area contributed by atoms with Gasteiger partial charge in [-0.1, -0.05) is 6.07 Å². The van der Waals surface area contributed by atoms with Gasteiger partial charge in [0.05, 0.1) is 11.6 Å². The van der Waals surface area contributed by atoms with E-state index in [9.17, 15) is 9.18 Å². The SMILES string of the molecule is N#Cc1cc(F)ccc1CCC(=O)O. The highest BCUT2D eigenvalue weighted by atomic mass is 19.1. The number of benzene rings is 1. The summed E-state index contributed by atoms with van der Waals surface area (Å²) in [6.07, 6.45) is 0.193. The minimum atomic E-state index is -0.932. The fourth-order valence-electron chi connectivity index (χ4n) is 1.11. The first-order valence-corrected chi connectivity index (χ1v) is 4.04. The molecular weight excluding hydrogens is 185 g/mol. The Morgan fingerprint density at radius 1 is 1.57 bits per heavy atom. The van der Waals surface area contributed by atoms with Crippen LogP contribution in [0, 0.1) is 17.1 Å². The van der Waals surface area contributed by atoms with Crippen LogP contribution in [0.3, 0.4) is 0 Å². The van der Waals surface area contributed by atoms with Crippen molar-refractivity contribution in [1.29, 1.82) is 5.26 Å². The molecule has 0 aliphatic rings. The van der Waals surface area contributed by atoms with Crippen molar-refractivity contribution in [2.45, 2.75) is 12.8 Å². The monoisotopic (exact) mass is 193 g/mol. The molecular formula is C10H8FNO2. The Kier molecular flexibility index (Phi) is 3.19. The lowest BCUT2D eigenvalue weighted by atomic mass is 10.0. The molecule has 0 saturated carbocycles. The molecule has 0 fully saturated rings. The van der Waals surface area contributed by atoms with E-state index in [1.54, 1.807) is 0 Å². The Balaban J connectivity index is 2.87. The van der Waals surface area contributed by atoms with Gasteiger partial charge in [-0.05, 0) is 24.1 Å². The van der Waals surface area contributed by atoms with Crippen LogP contribution in [0.25, 0.3) is 0 Å². The molecule has 0 heterocycles. The molecule has 3 nitrogen and oxygen atoms in total. The Morgan fingerprint density at radius 3 is 2.86 bits per heavy atom. The lowest BCUT2D eigenvalue weighted by molar-refractivity contribution is -0.136. The van der Waals surface area contributed by atoms with Gasteiger partial charge in [-0.3, -0.25) is 4.79 Å². The Bertz CT molecular complexity index is 396. The lowest BCUT2D eigenvalue weighted by Crippen LogP contribution is -1.99. The highest BCUT2D eigenvalue weighted by Gasteiger charge is 2.05. The van der Waals surface area contributed by atoms with Crippen molar-refractivity contribution in [3.63, 3.8) is 0 Å². The summed E-state index contributed by atoms with van der Waals surface area (Å²) in [7, 11) is 0. The summed E-state index contributed by atoms with van der Waals surface area (Å²) < 4.78 is 12.7. The van der Waals surface area contributed by atoms with Crippen LogP contribution in [-0.4, -0.2) is 11.1 Å². The molecule has 0 aromatic heterocycles. The maximum Gasteiger partial charge on any atom is 0.303 e. The predicted octanol–water partition coefficient (Wildman–Crippen LogP) is 1.71. The second-order valence-corrected chi connectivity index (χ2v) is 2.81. The van der Waals surface area contributed by atoms with Gasteiger partial charge in [-0.15, -0.1) is 0 Å². The van der Waals surface area contributed by atoms with Crippen LogP contribution >= 0.6 is 0 Å². The van der Waals surface area contributed by atoms with Crippen LogP contribution in [0.1, 0.15) is 17.5 Å². The van der Waals surface area contributed by atoms with Crippen LogP contribution in [0.15, 0.2) is 18.2 Å². The normalized spacial score (nSPS) is 9.43. The fraction of sp³-hybridized carbons (Fsp3) is 0.200. The number of aryl methyl sites for hydroxylation is 1. The van der Waals surface area contributed by atoms with Crippen LogP contribution in [0.4, 0.5) is 4.39 Å². The third-order valence-electron chi connectivity index (χ3n) is 1.80. The summed E-state index contributed by atoms with van der Waals surface area (Å²) in [6, 6.07) is 5.60. The zero-order valence-electron chi connectivity index (χ0n) is 7.33. The zero-order chi connectivity index (χ0) is 10.6. The first-order valence-electron chi connectivity index (χ1n) is 4.04. The second-order valence-electron chi connectivity index (χ2n) is 2.81. The number of nitrogens with zero attached hydrogens (tertiary/aromatic N) is 1. The molecule has 1 N–H and O–H groups in total. The molecule has 1 rings (SSSR count). The van der Waals surface area contributed by atoms with Crippen LogP contribution in [0.2, 0.25) is 0 Å². The van der Waals surface area contributed by atoms with Gasteiger partial charge >= 0.3 is 5.97 Å². The zero-order valence-corrected chi connectivity index (χ0v) is 7.33. The third kappa shape index (κ3) is 2.56. The molecule has 0 atom stereocenters. The van der Waals surface area contributed by atoms with Crippen LogP contribution < -0.4 is 0 Å². The van der Waals surface area contributed by atoms with Gasteiger partial charge in [0.25, 0.3) is 0 Å². The molecule has 0 unspecified atom stereocenters. The van der Waals surface area contributed by atoms with E-state index in [0.29, 0.717) is 5.56 Å². The Labute approximate surface area is 80.4 Å². The molecule has 0 spiro atoms. The molecule has 72 valence electrons. The van der Waals surface area contributed by atoms with Crippen molar-refractivity contribution < 1.29 is 14.3 Å². The molecule has 0 radical (unpaired) electrons. The molecule has 14 heavy (non-hydrogen) atoms. The number of hydrogen-bond acceptors (Lipinski definition) is 2. The van der Waals surface area contributed by atoms with Crippen molar-refractivity contribution in [2.24, 2.45) is 0 Å². The van der Waals surface area contributed by atoms with Gasteiger partial charge in [0.1, 0.15) is 5.82 Å². The summed E-state index contributed by atoms with van der Waals surface area (Å²) in [5.41, 5.74) is 0.766. The van der Waals surface area contributed by atoms with E-state index in [4.69, 9.17) is 10.4 Å². The minimum absolute atomic E-state index is 0.0552. The highest BCUT2D eigenvalue weighted by molar-refractivity contribution is 5.67. The second kappa shape index (κ2) is 4.38. The van der Waals surface area contributed by atoms with Crippen molar-refractivity contribution in [2.75, 3.05) is 0 Å². The average Bonchev–Trinajstić information content (AvgIpc) is 2.15. The van der Waals surface area contributed by atoms with E-state index in [2.05, 4.69) is 0 Å². The van der Waals surface area contributed by atoms with E-state index in [1.165, 1.54) is 12.1 Å². The van der Waals surface area contributed by atoms with Gasteiger partial charge in [0, 0.05) is 6.42 Å². The molecule has 1 aromatic rings. The standard InChI is InChI=1S/C10H8FNO2/c11-9-3-1-7(2-4-10(13)14)8(5-9)6-12/h1,3,5H,2,4H2,(H,13,14). The fourth-order valence-corrected chi connectivity index (χ4v) is 1.11. The molecule has 1 aromatic carbocycles. The molecule has 0 bridgehead atoms. The number of rotatable bonds is 3. The van der Waals surface area contributed by atoms with Crippen LogP contribution in [-0.2, 0) is 11.2 Å². The van der Waals surface area contributed by atoms with Gasteiger partial charge in [-0.25, -0.2) is 4.39 Å². The number of carbonyl (C=O) groups is 1. The maximum atomic E-state index is 12.7. The Morgan fingerprint density at radius 2 is 2.29 bits per heavy atom. The minimum Gasteiger partial charge on any atom is -0.481 e. The van der Waals surface area contributed by atoms with Crippen LogP contribution in [0.5, 0.6) is 0 Å². The summed E-state index contributed by atoms with van der Waals surface area (Å²) >= 11 is 0. The average molecular weight is 193 g/mol. The van der Waals surface area contributed by atoms with Gasteiger partial charge in [0.2, 0.25) is 0 Å². The number of halogens is 1. The summed E-state index contributed by atoms with van der Waals surface area (Å²) in [6.45, 7) is 0. The van der Waals surface area contributed by atoms with E-state index in [0.717, 1.165) is 6.07 Å². The smallest absolute Gasteiger partial charge is 0.303 e. The number of hydrogen-bond donors (Lipinski definition) is 1.